The molecule has 6 nitrogen and oxygen atoms in total. The van der Waals surface area contributed by atoms with Crippen LogP contribution >= 0.6 is 11.3 Å². The Bertz CT molecular complexity index is 1290. The molecule has 2 aromatic heterocycles. The molecule has 0 radical (unpaired) electrons. The van der Waals surface area contributed by atoms with E-state index in [0.717, 1.165) is 22.6 Å². The van der Waals surface area contributed by atoms with Crippen LogP contribution in [0.4, 0.5) is 0 Å². The minimum atomic E-state index is -0.307. The highest BCUT2D eigenvalue weighted by Gasteiger charge is 2.37. The van der Waals surface area contributed by atoms with Gasteiger partial charge < -0.3 is 14.8 Å². The van der Waals surface area contributed by atoms with Crippen LogP contribution in [0, 0.1) is 12.8 Å². The molecule has 1 saturated heterocycles. The van der Waals surface area contributed by atoms with Gasteiger partial charge in [0.15, 0.2) is 0 Å². The molecule has 0 unspecified atom stereocenters. The van der Waals surface area contributed by atoms with E-state index in [2.05, 4.69) is 5.32 Å². The molecule has 0 spiro atoms. The number of fused-ring (bicyclic) bond motifs is 4. The van der Waals surface area contributed by atoms with E-state index in [0.29, 0.717) is 25.2 Å². The van der Waals surface area contributed by atoms with Gasteiger partial charge in [-0.3, -0.25) is 14.4 Å². The SMILES string of the molecule is Cc1ccsc1/C=C(/NC(=O)c1ccccc1)C(=O)N1C[C@@H]2C[C@@H](C1)c1cccc(=O)n1C2. The highest BCUT2D eigenvalue weighted by molar-refractivity contribution is 7.11. The summed E-state index contributed by atoms with van der Waals surface area (Å²) >= 11 is 1.54. The predicted molar refractivity (Wildman–Crippen MR) is 129 cm³/mol. The normalized spacial score (nSPS) is 19.7. The van der Waals surface area contributed by atoms with Crippen LogP contribution in [0.25, 0.3) is 6.08 Å². The molecule has 33 heavy (non-hydrogen) atoms. The van der Waals surface area contributed by atoms with Crippen LogP contribution in [0.3, 0.4) is 0 Å². The van der Waals surface area contributed by atoms with E-state index in [4.69, 9.17) is 0 Å². The van der Waals surface area contributed by atoms with Crippen LogP contribution in [-0.4, -0.2) is 34.4 Å². The number of carbonyl (C=O) groups excluding carboxylic acids is 2. The van der Waals surface area contributed by atoms with Gasteiger partial charge in [0.1, 0.15) is 5.70 Å². The summed E-state index contributed by atoms with van der Waals surface area (Å²) in [4.78, 5) is 41.7. The van der Waals surface area contributed by atoms with Crippen molar-refractivity contribution in [1.29, 1.82) is 0 Å². The number of amides is 2. The predicted octanol–water partition coefficient (Wildman–Crippen LogP) is 3.64. The molecule has 2 aliphatic heterocycles. The highest BCUT2D eigenvalue weighted by Crippen LogP contribution is 2.35. The van der Waals surface area contributed by atoms with Crippen LogP contribution in [0.1, 0.15) is 38.8 Å². The summed E-state index contributed by atoms with van der Waals surface area (Å²) in [6.07, 6.45) is 2.75. The van der Waals surface area contributed by atoms with Gasteiger partial charge in [0.05, 0.1) is 0 Å². The maximum Gasteiger partial charge on any atom is 0.270 e. The number of aryl methyl sites for hydroxylation is 1. The zero-order valence-corrected chi connectivity index (χ0v) is 19.2. The summed E-state index contributed by atoms with van der Waals surface area (Å²) in [6.45, 7) is 3.71. The molecular weight excluding hydrogens is 434 g/mol. The first-order valence-corrected chi connectivity index (χ1v) is 12.0. The monoisotopic (exact) mass is 459 g/mol. The Morgan fingerprint density at radius 3 is 2.61 bits per heavy atom. The minimum Gasteiger partial charge on any atom is -0.336 e. The molecule has 3 aromatic rings. The molecule has 5 rings (SSSR count). The molecule has 1 aromatic carbocycles. The van der Waals surface area contributed by atoms with E-state index in [1.165, 1.54) is 11.3 Å². The van der Waals surface area contributed by atoms with Gasteiger partial charge in [0, 0.05) is 47.8 Å². The molecule has 1 N–H and O–H groups in total. The quantitative estimate of drug-likeness (QED) is 0.606. The second kappa shape index (κ2) is 8.83. The summed E-state index contributed by atoms with van der Waals surface area (Å²) in [7, 11) is 0. The van der Waals surface area contributed by atoms with E-state index in [1.54, 1.807) is 42.5 Å². The third kappa shape index (κ3) is 4.28. The number of hydrogen-bond donors (Lipinski definition) is 1. The van der Waals surface area contributed by atoms with Gasteiger partial charge in [0.25, 0.3) is 17.4 Å². The number of nitrogens with one attached hydrogen (secondary N) is 1. The van der Waals surface area contributed by atoms with Crippen molar-refractivity contribution in [3.63, 3.8) is 0 Å². The summed E-state index contributed by atoms with van der Waals surface area (Å²) in [5.74, 6) is -0.160. The standard InChI is InChI=1S/C26H25N3O3S/c1-17-10-11-33-23(17)13-21(27-25(31)19-6-3-2-4-7-19)26(32)28-14-18-12-20(16-28)22-8-5-9-24(30)29(22)15-18/h2-11,13,18,20H,12,14-16H2,1H3,(H,27,31)/b21-13+/t18-,20-/m0/s1. The number of benzene rings is 1. The molecule has 0 aliphatic carbocycles. The largest absolute Gasteiger partial charge is 0.336 e. The minimum absolute atomic E-state index is 0.0193. The van der Waals surface area contributed by atoms with Crippen molar-refractivity contribution in [2.75, 3.05) is 13.1 Å². The third-order valence-corrected chi connectivity index (χ3v) is 7.42. The Kier molecular flexibility index (Phi) is 5.72. The zero-order chi connectivity index (χ0) is 22.9. The van der Waals surface area contributed by atoms with Crippen LogP contribution in [0.2, 0.25) is 0 Å². The zero-order valence-electron chi connectivity index (χ0n) is 18.4. The fourth-order valence-electron chi connectivity index (χ4n) is 4.83. The van der Waals surface area contributed by atoms with E-state index >= 15 is 0 Å². The van der Waals surface area contributed by atoms with Crippen molar-refractivity contribution in [1.82, 2.24) is 14.8 Å². The van der Waals surface area contributed by atoms with E-state index in [-0.39, 0.29) is 34.9 Å². The number of pyridine rings is 1. The van der Waals surface area contributed by atoms with Gasteiger partial charge in [-0.05, 0) is 60.5 Å². The second-order valence-electron chi connectivity index (χ2n) is 8.75. The number of carbonyl (C=O) groups is 2. The topological polar surface area (TPSA) is 71.4 Å². The Labute approximate surface area is 196 Å². The molecule has 2 bridgehead atoms. The smallest absolute Gasteiger partial charge is 0.270 e. The number of aromatic nitrogens is 1. The lowest BCUT2D eigenvalue weighted by Crippen LogP contribution is -2.50. The first-order valence-electron chi connectivity index (χ1n) is 11.1. The molecule has 4 heterocycles. The molecule has 168 valence electrons. The highest BCUT2D eigenvalue weighted by atomic mass is 32.1. The Balaban J connectivity index is 1.44. The fourth-order valence-corrected chi connectivity index (χ4v) is 5.69. The van der Waals surface area contributed by atoms with Crippen LogP contribution in [0.15, 0.2) is 70.5 Å². The van der Waals surface area contributed by atoms with Gasteiger partial charge in [-0.2, -0.15) is 0 Å². The average molecular weight is 460 g/mol. The van der Waals surface area contributed by atoms with Crippen molar-refractivity contribution in [3.05, 3.63) is 97.7 Å². The fraction of sp³-hybridized carbons (Fsp3) is 0.269. The van der Waals surface area contributed by atoms with Crippen LogP contribution < -0.4 is 10.9 Å². The first-order chi connectivity index (χ1) is 16.0. The van der Waals surface area contributed by atoms with Gasteiger partial charge >= 0.3 is 0 Å². The van der Waals surface area contributed by atoms with Crippen molar-refractivity contribution in [3.8, 4) is 0 Å². The molecule has 2 amide bonds. The Morgan fingerprint density at radius 1 is 1.03 bits per heavy atom. The van der Waals surface area contributed by atoms with E-state index < -0.39 is 0 Å². The molecule has 2 aliphatic rings. The summed E-state index contributed by atoms with van der Waals surface area (Å²) in [5.41, 5.74) is 2.85. The molecule has 0 saturated carbocycles. The van der Waals surface area contributed by atoms with Crippen molar-refractivity contribution in [2.45, 2.75) is 25.8 Å². The maximum atomic E-state index is 13.7. The average Bonchev–Trinajstić information content (AvgIpc) is 3.23. The lowest BCUT2D eigenvalue weighted by molar-refractivity contribution is -0.130. The summed E-state index contributed by atoms with van der Waals surface area (Å²) in [6, 6.07) is 16.3. The van der Waals surface area contributed by atoms with Gasteiger partial charge in [-0.1, -0.05) is 24.3 Å². The lowest BCUT2D eigenvalue weighted by atomic mass is 9.83. The van der Waals surface area contributed by atoms with Crippen molar-refractivity contribution >= 4 is 29.2 Å². The first kappa shape index (κ1) is 21.4. The molecule has 2 atom stereocenters. The van der Waals surface area contributed by atoms with Crippen LogP contribution in [-0.2, 0) is 11.3 Å². The lowest BCUT2D eigenvalue weighted by Gasteiger charge is -2.43. The van der Waals surface area contributed by atoms with E-state index in [1.807, 2.05) is 40.0 Å². The Hall–Kier alpha value is -3.45. The summed E-state index contributed by atoms with van der Waals surface area (Å²) < 4.78 is 1.85. The van der Waals surface area contributed by atoms with Crippen LogP contribution in [0.5, 0.6) is 0 Å². The van der Waals surface area contributed by atoms with Crippen molar-refractivity contribution in [2.24, 2.45) is 5.92 Å². The number of piperidine rings is 1. The number of nitrogens with zero attached hydrogens (tertiary/aromatic N) is 2. The second-order valence-corrected chi connectivity index (χ2v) is 9.70. The number of thiophene rings is 1. The molecule has 1 fully saturated rings. The van der Waals surface area contributed by atoms with Crippen molar-refractivity contribution < 1.29 is 9.59 Å². The number of hydrogen-bond acceptors (Lipinski definition) is 4. The van der Waals surface area contributed by atoms with E-state index in [9.17, 15) is 14.4 Å². The van der Waals surface area contributed by atoms with Gasteiger partial charge in [0.2, 0.25) is 0 Å². The molecular formula is C26H25N3O3S. The number of likely N-dealkylation sites (tertiary alicyclic amines) is 1. The van der Waals surface area contributed by atoms with Gasteiger partial charge in [-0.15, -0.1) is 11.3 Å². The summed E-state index contributed by atoms with van der Waals surface area (Å²) in [5, 5.41) is 4.85. The molecule has 7 heteroatoms. The Morgan fingerprint density at radius 2 is 1.85 bits per heavy atom. The van der Waals surface area contributed by atoms with Gasteiger partial charge in [-0.25, -0.2) is 0 Å². The third-order valence-electron chi connectivity index (χ3n) is 6.46. The number of rotatable bonds is 4. The maximum absolute atomic E-state index is 13.7.